The molecule has 0 N–H and O–H groups in total. The number of ether oxygens (including phenoxy) is 1. The number of fused-ring (bicyclic) bond motifs is 1. The van der Waals surface area contributed by atoms with E-state index in [1.54, 1.807) is 23.6 Å². The SMILES string of the molecule is Cc1nc(-c2cc3ccc(OC(=O)c4cccc(F)c4)cc3oc2=O)cs1. The lowest BCUT2D eigenvalue weighted by atomic mass is 10.1. The third kappa shape index (κ3) is 3.50. The van der Waals surface area contributed by atoms with E-state index in [-0.39, 0.29) is 16.9 Å². The Morgan fingerprint density at radius 2 is 2.04 bits per heavy atom. The molecule has 2 aromatic heterocycles. The lowest BCUT2D eigenvalue weighted by Crippen LogP contribution is -2.09. The van der Waals surface area contributed by atoms with Gasteiger partial charge in [-0.3, -0.25) is 0 Å². The normalized spacial score (nSPS) is 10.9. The van der Waals surface area contributed by atoms with E-state index in [2.05, 4.69) is 4.98 Å². The summed E-state index contributed by atoms with van der Waals surface area (Å²) < 4.78 is 23.8. The Bertz CT molecular complexity index is 1230. The van der Waals surface area contributed by atoms with Crippen molar-refractivity contribution in [2.45, 2.75) is 6.92 Å². The van der Waals surface area contributed by atoms with Crippen molar-refractivity contribution in [3.05, 3.63) is 80.7 Å². The predicted molar refractivity (Wildman–Crippen MR) is 99.7 cm³/mol. The Morgan fingerprint density at radius 3 is 2.78 bits per heavy atom. The minimum atomic E-state index is -0.703. The molecule has 0 radical (unpaired) electrons. The fourth-order valence-electron chi connectivity index (χ4n) is 2.60. The van der Waals surface area contributed by atoms with Crippen molar-refractivity contribution in [1.82, 2.24) is 4.98 Å². The molecule has 0 saturated heterocycles. The second-order valence-electron chi connectivity index (χ2n) is 5.80. The summed E-state index contributed by atoms with van der Waals surface area (Å²) in [5, 5.41) is 3.31. The molecule has 0 saturated carbocycles. The minimum Gasteiger partial charge on any atom is -0.423 e. The van der Waals surface area contributed by atoms with Gasteiger partial charge in [-0.15, -0.1) is 11.3 Å². The summed E-state index contributed by atoms with van der Waals surface area (Å²) in [5.74, 6) is -1.04. The van der Waals surface area contributed by atoms with Gasteiger partial charge in [0.05, 0.1) is 21.8 Å². The first kappa shape index (κ1) is 17.1. The van der Waals surface area contributed by atoms with Crippen LogP contribution in [0.15, 0.2) is 63.1 Å². The maximum absolute atomic E-state index is 13.2. The highest BCUT2D eigenvalue weighted by atomic mass is 32.1. The fourth-order valence-corrected chi connectivity index (χ4v) is 3.22. The lowest BCUT2D eigenvalue weighted by Gasteiger charge is -2.06. The van der Waals surface area contributed by atoms with E-state index in [4.69, 9.17) is 9.15 Å². The van der Waals surface area contributed by atoms with Gasteiger partial charge in [-0.05, 0) is 43.3 Å². The van der Waals surface area contributed by atoms with E-state index in [9.17, 15) is 14.0 Å². The standard InChI is InChI=1S/C20H12FNO4S/c1-11-22-17(10-27-11)16-8-12-5-6-15(9-18(12)26-20(16)24)25-19(23)13-3-2-4-14(21)7-13/h2-10H,1H3. The second kappa shape index (κ2) is 6.77. The van der Waals surface area contributed by atoms with E-state index in [1.165, 1.54) is 35.6 Å². The van der Waals surface area contributed by atoms with Crippen molar-refractivity contribution in [2.75, 3.05) is 0 Å². The molecule has 0 bridgehead atoms. The van der Waals surface area contributed by atoms with E-state index < -0.39 is 17.4 Å². The van der Waals surface area contributed by atoms with Crippen LogP contribution in [-0.2, 0) is 0 Å². The zero-order valence-electron chi connectivity index (χ0n) is 14.1. The van der Waals surface area contributed by atoms with Crippen molar-refractivity contribution in [3.63, 3.8) is 0 Å². The second-order valence-corrected chi connectivity index (χ2v) is 6.86. The third-order valence-electron chi connectivity index (χ3n) is 3.87. The molecule has 2 heterocycles. The number of nitrogens with zero attached hydrogens (tertiary/aromatic N) is 1. The Morgan fingerprint density at radius 1 is 1.19 bits per heavy atom. The van der Waals surface area contributed by atoms with Crippen LogP contribution in [0.1, 0.15) is 15.4 Å². The van der Waals surface area contributed by atoms with Crippen molar-refractivity contribution in [3.8, 4) is 17.0 Å². The molecule has 0 atom stereocenters. The zero-order valence-corrected chi connectivity index (χ0v) is 14.9. The van der Waals surface area contributed by atoms with Crippen LogP contribution in [0, 0.1) is 12.7 Å². The lowest BCUT2D eigenvalue weighted by molar-refractivity contribution is 0.0734. The first-order valence-electron chi connectivity index (χ1n) is 7.98. The number of aryl methyl sites for hydroxylation is 1. The zero-order chi connectivity index (χ0) is 19.0. The number of carbonyl (C=O) groups excluding carboxylic acids is 1. The van der Waals surface area contributed by atoms with E-state index in [1.807, 2.05) is 6.92 Å². The van der Waals surface area contributed by atoms with Crippen molar-refractivity contribution < 1.29 is 18.3 Å². The molecular weight excluding hydrogens is 369 g/mol. The van der Waals surface area contributed by atoms with Crippen molar-refractivity contribution in [1.29, 1.82) is 0 Å². The summed E-state index contributed by atoms with van der Waals surface area (Å²) in [6.45, 7) is 1.86. The van der Waals surface area contributed by atoms with Crippen LogP contribution in [0.25, 0.3) is 22.2 Å². The smallest absolute Gasteiger partial charge is 0.345 e. The molecule has 2 aromatic carbocycles. The molecule has 0 amide bonds. The summed E-state index contributed by atoms with van der Waals surface area (Å²) in [6, 6.07) is 11.6. The number of thiazole rings is 1. The number of rotatable bonds is 3. The third-order valence-corrected chi connectivity index (χ3v) is 4.65. The summed E-state index contributed by atoms with van der Waals surface area (Å²) in [5.41, 5.74) is 0.776. The maximum Gasteiger partial charge on any atom is 0.345 e. The van der Waals surface area contributed by atoms with Crippen LogP contribution in [0.5, 0.6) is 5.75 Å². The molecule has 4 aromatic rings. The van der Waals surface area contributed by atoms with Gasteiger partial charge in [0, 0.05) is 16.8 Å². The molecule has 7 heteroatoms. The molecule has 0 aliphatic rings. The van der Waals surface area contributed by atoms with Gasteiger partial charge < -0.3 is 9.15 Å². The number of benzene rings is 2. The molecule has 0 unspecified atom stereocenters. The van der Waals surface area contributed by atoms with Crippen LogP contribution in [-0.4, -0.2) is 11.0 Å². The first-order valence-corrected chi connectivity index (χ1v) is 8.86. The average molecular weight is 381 g/mol. The Labute approximate surface area is 156 Å². The van der Waals surface area contributed by atoms with Gasteiger partial charge in [0.1, 0.15) is 17.1 Å². The molecule has 134 valence electrons. The van der Waals surface area contributed by atoms with E-state index >= 15 is 0 Å². The van der Waals surface area contributed by atoms with Crippen molar-refractivity contribution >= 4 is 28.3 Å². The molecule has 4 rings (SSSR count). The highest BCUT2D eigenvalue weighted by Crippen LogP contribution is 2.25. The molecule has 0 fully saturated rings. The minimum absolute atomic E-state index is 0.0887. The quantitative estimate of drug-likeness (QED) is 0.295. The van der Waals surface area contributed by atoms with Gasteiger partial charge in [-0.2, -0.15) is 0 Å². The Balaban J connectivity index is 1.66. The topological polar surface area (TPSA) is 69.4 Å². The molecule has 0 spiro atoms. The predicted octanol–water partition coefficient (Wildman–Crippen LogP) is 4.58. The van der Waals surface area contributed by atoms with Gasteiger partial charge in [-0.25, -0.2) is 19.0 Å². The van der Waals surface area contributed by atoms with Gasteiger partial charge >= 0.3 is 11.6 Å². The number of halogens is 1. The number of carbonyl (C=O) groups is 1. The number of hydrogen-bond acceptors (Lipinski definition) is 6. The van der Waals surface area contributed by atoms with Crippen LogP contribution >= 0.6 is 11.3 Å². The van der Waals surface area contributed by atoms with E-state index in [0.29, 0.717) is 16.6 Å². The largest absolute Gasteiger partial charge is 0.423 e. The van der Waals surface area contributed by atoms with Crippen LogP contribution in [0.3, 0.4) is 0 Å². The Hall–Kier alpha value is -3.32. The average Bonchev–Trinajstić information content (AvgIpc) is 3.07. The fraction of sp³-hybridized carbons (Fsp3) is 0.0500. The number of esters is 1. The monoisotopic (exact) mass is 381 g/mol. The van der Waals surface area contributed by atoms with Crippen molar-refractivity contribution in [2.24, 2.45) is 0 Å². The van der Waals surface area contributed by atoms with Crippen LogP contribution < -0.4 is 10.4 Å². The maximum atomic E-state index is 13.2. The number of aromatic nitrogens is 1. The molecular formula is C20H12FNO4S. The van der Waals surface area contributed by atoms with Gasteiger partial charge in [0.25, 0.3) is 0 Å². The van der Waals surface area contributed by atoms with Gasteiger partial charge in [0.15, 0.2) is 0 Å². The molecule has 0 aliphatic carbocycles. The highest BCUT2D eigenvalue weighted by Gasteiger charge is 2.13. The summed E-state index contributed by atoms with van der Waals surface area (Å²) in [4.78, 5) is 28.7. The summed E-state index contributed by atoms with van der Waals surface area (Å²) >= 11 is 1.45. The molecule has 0 aliphatic heterocycles. The first-order chi connectivity index (χ1) is 13.0. The van der Waals surface area contributed by atoms with Crippen LogP contribution in [0.2, 0.25) is 0 Å². The summed E-state index contributed by atoms with van der Waals surface area (Å²) in [6.07, 6.45) is 0. The Kier molecular flexibility index (Phi) is 4.29. The van der Waals surface area contributed by atoms with Gasteiger partial charge in [-0.1, -0.05) is 6.07 Å². The number of hydrogen-bond donors (Lipinski definition) is 0. The van der Waals surface area contributed by atoms with E-state index in [0.717, 1.165) is 11.1 Å². The van der Waals surface area contributed by atoms with Crippen LogP contribution in [0.4, 0.5) is 4.39 Å². The van der Waals surface area contributed by atoms with Gasteiger partial charge in [0.2, 0.25) is 0 Å². The molecule has 5 nitrogen and oxygen atoms in total. The molecule has 27 heavy (non-hydrogen) atoms. The summed E-state index contributed by atoms with van der Waals surface area (Å²) in [7, 11) is 0. The highest BCUT2D eigenvalue weighted by molar-refractivity contribution is 7.09.